The highest BCUT2D eigenvalue weighted by atomic mass is 19.3. The topological polar surface area (TPSA) is 129 Å². The first-order valence-corrected chi connectivity index (χ1v) is 16.7. The van der Waals surface area contributed by atoms with E-state index in [1.165, 1.54) is 0 Å². The van der Waals surface area contributed by atoms with E-state index in [4.69, 9.17) is 9.47 Å². The van der Waals surface area contributed by atoms with Crippen molar-refractivity contribution in [1.29, 1.82) is 0 Å². The van der Waals surface area contributed by atoms with Gasteiger partial charge in [0.05, 0.1) is 25.9 Å². The molecular weight excluding hydrogens is 600 g/mol. The standard InChI is InChI=1S/C33H47F2N5O6/c34-33(35)10-6-27(7-11-33)40-21-26-19-28(40)31(43)37-12-8-25-20-39(32(44)23-4-2-1-3-5-23)14-9-24(25)18-29(41)36-13-15-45-16-17-46-22-30(42)38-26/h1-5,24-28H,6-22H2,(H,36,41)(H,37,43)(H,38,42)/t24-,25-,26+,28+/m0/s1. The molecule has 1 aliphatic carbocycles. The molecule has 0 aromatic heterocycles. The Kier molecular flexibility index (Phi) is 12.0. The van der Waals surface area contributed by atoms with E-state index in [1.807, 2.05) is 28.0 Å². The van der Waals surface area contributed by atoms with Gasteiger partial charge < -0.3 is 30.3 Å². The second-order valence-corrected chi connectivity index (χ2v) is 13.0. The summed E-state index contributed by atoms with van der Waals surface area (Å²) in [5, 5.41) is 8.94. The number of alkyl halides is 2. The third-order valence-corrected chi connectivity index (χ3v) is 9.80. The number of fused-ring (bicyclic) bond motifs is 3. The molecule has 11 nitrogen and oxygen atoms in total. The molecule has 0 spiro atoms. The maximum atomic E-state index is 14.0. The van der Waals surface area contributed by atoms with Gasteiger partial charge in [-0.2, -0.15) is 0 Å². The van der Waals surface area contributed by atoms with Gasteiger partial charge in [0, 0.05) is 69.6 Å². The number of nitrogens with one attached hydrogen (secondary N) is 3. The van der Waals surface area contributed by atoms with Gasteiger partial charge in [-0.1, -0.05) is 18.2 Å². The van der Waals surface area contributed by atoms with Crippen LogP contribution in [0.3, 0.4) is 0 Å². The van der Waals surface area contributed by atoms with E-state index in [-0.39, 0.29) is 93.1 Å². The zero-order chi connectivity index (χ0) is 32.5. The second-order valence-electron chi connectivity index (χ2n) is 13.0. The predicted octanol–water partition coefficient (Wildman–Crippen LogP) is 1.96. The quantitative estimate of drug-likeness (QED) is 0.448. The molecule has 4 atom stereocenters. The summed E-state index contributed by atoms with van der Waals surface area (Å²) >= 11 is 0. The van der Waals surface area contributed by atoms with Gasteiger partial charge in [-0.05, 0) is 56.1 Å². The number of benzene rings is 1. The molecule has 46 heavy (non-hydrogen) atoms. The Morgan fingerprint density at radius 1 is 0.848 bits per heavy atom. The van der Waals surface area contributed by atoms with Crippen LogP contribution in [0.1, 0.15) is 61.7 Å². The zero-order valence-electron chi connectivity index (χ0n) is 26.4. The Hall–Kier alpha value is -3.16. The van der Waals surface area contributed by atoms with Crippen LogP contribution in [-0.2, 0) is 23.9 Å². The van der Waals surface area contributed by atoms with Gasteiger partial charge in [0.15, 0.2) is 0 Å². The lowest BCUT2D eigenvalue weighted by molar-refractivity contribution is -0.128. The SMILES string of the molecule is O=C1C[C@@H]2CCN(C(=O)c3ccccc3)C[C@@H]2CCNC(=O)[C@H]2C[C@H](CN2C2CCC(F)(F)CC2)NC(=O)COCCOCCN1. The molecule has 3 aliphatic heterocycles. The first-order valence-electron chi connectivity index (χ1n) is 16.7. The van der Waals surface area contributed by atoms with Gasteiger partial charge in [-0.3, -0.25) is 24.1 Å². The maximum absolute atomic E-state index is 14.0. The molecule has 254 valence electrons. The summed E-state index contributed by atoms with van der Waals surface area (Å²) in [7, 11) is 0. The van der Waals surface area contributed by atoms with Crippen LogP contribution in [0.4, 0.5) is 8.78 Å². The van der Waals surface area contributed by atoms with Crippen molar-refractivity contribution >= 4 is 23.6 Å². The Balaban J connectivity index is 1.27. The molecular formula is C33H47F2N5O6. The Bertz CT molecular complexity index is 1200. The maximum Gasteiger partial charge on any atom is 0.253 e. The lowest BCUT2D eigenvalue weighted by Crippen LogP contribution is -2.50. The number of carbonyl (C=O) groups excluding carboxylic acids is 4. The monoisotopic (exact) mass is 647 g/mol. The van der Waals surface area contributed by atoms with Crippen LogP contribution in [0.25, 0.3) is 0 Å². The van der Waals surface area contributed by atoms with Crippen LogP contribution in [0.2, 0.25) is 0 Å². The third-order valence-electron chi connectivity index (χ3n) is 9.80. The van der Waals surface area contributed by atoms with Gasteiger partial charge in [-0.15, -0.1) is 0 Å². The molecule has 3 N–H and O–H groups in total. The van der Waals surface area contributed by atoms with Gasteiger partial charge >= 0.3 is 0 Å². The number of hydrogen-bond acceptors (Lipinski definition) is 7. The molecule has 4 aliphatic rings. The predicted molar refractivity (Wildman–Crippen MR) is 165 cm³/mol. The summed E-state index contributed by atoms with van der Waals surface area (Å²) in [6.45, 7) is 2.76. The van der Waals surface area contributed by atoms with Crippen molar-refractivity contribution < 1.29 is 37.4 Å². The summed E-state index contributed by atoms with van der Waals surface area (Å²) in [6.07, 6.45) is 2.07. The van der Waals surface area contributed by atoms with Crippen molar-refractivity contribution in [3.63, 3.8) is 0 Å². The first kappa shape index (κ1) is 34.2. The first-order chi connectivity index (χ1) is 22.2. The number of ether oxygens (including phenoxy) is 2. The smallest absolute Gasteiger partial charge is 0.253 e. The zero-order valence-corrected chi connectivity index (χ0v) is 26.4. The molecule has 4 fully saturated rings. The second kappa shape index (κ2) is 16.1. The fourth-order valence-corrected chi connectivity index (χ4v) is 7.33. The van der Waals surface area contributed by atoms with E-state index in [9.17, 15) is 28.0 Å². The van der Waals surface area contributed by atoms with E-state index < -0.39 is 12.0 Å². The Morgan fingerprint density at radius 3 is 2.39 bits per heavy atom. The summed E-state index contributed by atoms with van der Waals surface area (Å²) in [5.74, 6) is -3.31. The summed E-state index contributed by atoms with van der Waals surface area (Å²) < 4.78 is 38.9. The van der Waals surface area contributed by atoms with E-state index >= 15 is 0 Å². The normalized spacial score (nSPS) is 29.9. The van der Waals surface area contributed by atoms with Crippen LogP contribution in [0.5, 0.6) is 0 Å². The lowest BCUT2D eigenvalue weighted by atomic mass is 9.80. The number of piperidine rings is 1. The molecule has 13 heteroatoms. The minimum absolute atomic E-state index is 0.0118. The molecule has 3 saturated heterocycles. The van der Waals surface area contributed by atoms with Crippen molar-refractivity contribution in [2.24, 2.45) is 11.8 Å². The molecule has 1 aromatic rings. The number of likely N-dealkylation sites (tertiary alicyclic amines) is 2. The number of carbonyl (C=O) groups is 4. The highest BCUT2D eigenvalue weighted by Crippen LogP contribution is 2.37. The van der Waals surface area contributed by atoms with Crippen LogP contribution in [0.15, 0.2) is 30.3 Å². The average Bonchev–Trinajstić information content (AvgIpc) is 3.46. The van der Waals surface area contributed by atoms with Crippen molar-refractivity contribution in [3.8, 4) is 0 Å². The van der Waals surface area contributed by atoms with Gasteiger partial charge in [-0.25, -0.2) is 8.78 Å². The minimum atomic E-state index is -2.69. The highest BCUT2D eigenvalue weighted by Gasteiger charge is 2.45. The van der Waals surface area contributed by atoms with Crippen molar-refractivity contribution in [2.45, 2.75) is 75.4 Å². The fourth-order valence-electron chi connectivity index (χ4n) is 7.33. The molecule has 3 heterocycles. The van der Waals surface area contributed by atoms with Crippen LogP contribution < -0.4 is 16.0 Å². The van der Waals surface area contributed by atoms with Crippen LogP contribution >= 0.6 is 0 Å². The van der Waals surface area contributed by atoms with Gasteiger partial charge in [0.1, 0.15) is 6.61 Å². The average molecular weight is 648 g/mol. The third kappa shape index (κ3) is 9.45. The Morgan fingerprint density at radius 2 is 1.61 bits per heavy atom. The van der Waals surface area contributed by atoms with Crippen LogP contribution in [-0.4, -0.2) is 117 Å². The minimum Gasteiger partial charge on any atom is -0.377 e. The molecule has 2 bridgehead atoms. The van der Waals surface area contributed by atoms with E-state index in [2.05, 4.69) is 16.0 Å². The Labute approximate surface area is 269 Å². The molecule has 5 rings (SSSR count). The molecule has 1 aromatic carbocycles. The van der Waals surface area contributed by atoms with Crippen molar-refractivity contribution in [3.05, 3.63) is 35.9 Å². The number of hydrogen-bond donors (Lipinski definition) is 3. The van der Waals surface area contributed by atoms with Crippen molar-refractivity contribution in [2.75, 3.05) is 59.2 Å². The van der Waals surface area contributed by atoms with Gasteiger partial charge in [0.25, 0.3) is 5.91 Å². The largest absolute Gasteiger partial charge is 0.377 e. The number of halogens is 2. The summed E-state index contributed by atoms with van der Waals surface area (Å²) in [4.78, 5) is 56.2. The van der Waals surface area contributed by atoms with Crippen molar-refractivity contribution in [1.82, 2.24) is 25.8 Å². The van der Waals surface area contributed by atoms with Gasteiger partial charge in [0.2, 0.25) is 23.6 Å². The number of amides is 4. The molecule has 0 radical (unpaired) electrons. The molecule has 1 saturated carbocycles. The summed E-state index contributed by atoms with van der Waals surface area (Å²) in [6, 6.07) is 8.08. The summed E-state index contributed by atoms with van der Waals surface area (Å²) in [5.41, 5.74) is 0.614. The number of rotatable bonds is 2. The number of nitrogens with zero attached hydrogens (tertiary/aromatic N) is 2. The van der Waals surface area contributed by atoms with E-state index in [0.29, 0.717) is 70.6 Å². The fraction of sp³-hybridized carbons (Fsp3) is 0.697. The molecule has 4 amide bonds. The molecule has 0 unspecified atom stereocenters. The lowest BCUT2D eigenvalue weighted by Gasteiger charge is -2.39. The van der Waals surface area contributed by atoms with E-state index in [0.717, 1.165) is 0 Å². The van der Waals surface area contributed by atoms with E-state index in [1.54, 1.807) is 12.1 Å². The van der Waals surface area contributed by atoms with Crippen LogP contribution in [0, 0.1) is 11.8 Å². The highest BCUT2D eigenvalue weighted by molar-refractivity contribution is 5.94.